The van der Waals surface area contributed by atoms with E-state index in [2.05, 4.69) is 5.10 Å². The van der Waals surface area contributed by atoms with Crippen molar-refractivity contribution in [1.82, 2.24) is 14.7 Å². The Morgan fingerprint density at radius 1 is 1.16 bits per heavy atom. The Morgan fingerprint density at radius 2 is 1.84 bits per heavy atom. The van der Waals surface area contributed by atoms with Crippen molar-refractivity contribution < 1.29 is 14.3 Å². The lowest BCUT2D eigenvalue weighted by Gasteiger charge is -2.29. The van der Waals surface area contributed by atoms with E-state index in [0.29, 0.717) is 31.1 Å². The Morgan fingerprint density at radius 3 is 2.48 bits per heavy atom. The number of aryl methyl sites for hydroxylation is 1. The van der Waals surface area contributed by atoms with Gasteiger partial charge < -0.3 is 14.4 Å². The fraction of sp³-hybridized carbons (Fsp3) is 0.389. The monoisotopic (exact) mass is 343 g/mol. The molecule has 1 amide bonds. The molecular formula is C18H21N3O4. The van der Waals surface area contributed by atoms with E-state index in [9.17, 15) is 9.59 Å². The number of carbonyl (C=O) groups excluding carboxylic acids is 1. The molecule has 1 aromatic carbocycles. The molecule has 25 heavy (non-hydrogen) atoms. The van der Waals surface area contributed by atoms with Crippen LogP contribution in [0.3, 0.4) is 0 Å². The van der Waals surface area contributed by atoms with Crippen molar-refractivity contribution in [2.75, 3.05) is 20.8 Å². The number of ether oxygens (including phenoxy) is 2. The lowest BCUT2D eigenvalue weighted by Crippen LogP contribution is -2.37. The first kappa shape index (κ1) is 17.0. The summed E-state index contributed by atoms with van der Waals surface area (Å²) in [5, 5.41) is 4.15. The summed E-state index contributed by atoms with van der Waals surface area (Å²) in [5.41, 5.74) is 2.25. The quantitative estimate of drug-likeness (QED) is 0.841. The molecular weight excluding hydrogens is 322 g/mol. The fourth-order valence-electron chi connectivity index (χ4n) is 3.01. The van der Waals surface area contributed by atoms with Gasteiger partial charge in [-0.05, 0) is 42.7 Å². The fourth-order valence-corrected chi connectivity index (χ4v) is 3.01. The summed E-state index contributed by atoms with van der Waals surface area (Å²) < 4.78 is 12.0. The van der Waals surface area contributed by atoms with E-state index in [1.807, 2.05) is 19.1 Å². The van der Waals surface area contributed by atoms with E-state index >= 15 is 0 Å². The predicted octanol–water partition coefficient (Wildman–Crippen LogP) is 1.48. The number of nitrogens with zero attached hydrogens (tertiary/aromatic N) is 3. The first-order valence-electron chi connectivity index (χ1n) is 8.18. The molecule has 0 saturated carbocycles. The Hall–Kier alpha value is -2.83. The van der Waals surface area contributed by atoms with Gasteiger partial charge in [0.15, 0.2) is 11.5 Å². The van der Waals surface area contributed by atoms with Crippen LogP contribution in [0.4, 0.5) is 0 Å². The summed E-state index contributed by atoms with van der Waals surface area (Å²) in [6, 6.07) is 6.75. The van der Waals surface area contributed by atoms with Crippen molar-refractivity contribution in [3.05, 3.63) is 51.4 Å². The third-order valence-electron chi connectivity index (χ3n) is 4.39. The lowest BCUT2D eigenvalue weighted by molar-refractivity contribution is 0.0725. The maximum Gasteiger partial charge on any atom is 0.274 e. The second-order valence-corrected chi connectivity index (χ2v) is 5.83. The number of hydrogen-bond donors (Lipinski definition) is 0. The van der Waals surface area contributed by atoms with Gasteiger partial charge in [-0.2, -0.15) is 5.10 Å². The molecule has 7 heteroatoms. The van der Waals surface area contributed by atoms with Crippen LogP contribution < -0.4 is 15.0 Å². The van der Waals surface area contributed by atoms with Gasteiger partial charge in [0.05, 0.1) is 14.2 Å². The number of methoxy groups -OCH3 is 2. The Labute approximate surface area is 145 Å². The molecule has 0 unspecified atom stereocenters. The van der Waals surface area contributed by atoms with Crippen molar-refractivity contribution in [2.24, 2.45) is 0 Å². The Bertz CT molecular complexity index is 860. The predicted molar refractivity (Wildman–Crippen MR) is 92.2 cm³/mol. The SMILES string of the molecule is CCn1nc(C(=O)N2CCc3cc(OC)c(OC)cc3C2)ccc1=O. The zero-order valence-electron chi connectivity index (χ0n) is 14.6. The number of amides is 1. The molecule has 2 heterocycles. The molecule has 3 rings (SSSR count). The smallest absolute Gasteiger partial charge is 0.274 e. The van der Waals surface area contributed by atoms with E-state index in [-0.39, 0.29) is 17.2 Å². The molecule has 0 N–H and O–H groups in total. The third-order valence-corrected chi connectivity index (χ3v) is 4.39. The molecule has 1 aromatic heterocycles. The van der Waals surface area contributed by atoms with Crippen LogP contribution in [0.1, 0.15) is 28.5 Å². The van der Waals surface area contributed by atoms with E-state index in [4.69, 9.17) is 9.47 Å². The van der Waals surface area contributed by atoms with Crippen LogP contribution in [0.2, 0.25) is 0 Å². The van der Waals surface area contributed by atoms with Crippen LogP contribution in [0, 0.1) is 0 Å². The van der Waals surface area contributed by atoms with Gasteiger partial charge in [-0.25, -0.2) is 4.68 Å². The molecule has 0 bridgehead atoms. The van der Waals surface area contributed by atoms with Crippen LogP contribution in [0.5, 0.6) is 11.5 Å². The van der Waals surface area contributed by atoms with Crippen molar-refractivity contribution in [3.63, 3.8) is 0 Å². The molecule has 0 aliphatic carbocycles. The largest absolute Gasteiger partial charge is 0.493 e. The van der Waals surface area contributed by atoms with E-state index in [1.165, 1.54) is 16.8 Å². The van der Waals surface area contributed by atoms with E-state index in [1.54, 1.807) is 19.1 Å². The van der Waals surface area contributed by atoms with Crippen LogP contribution in [-0.4, -0.2) is 41.4 Å². The Balaban J connectivity index is 1.87. The summed E-state index contributed by atoms with van der Waals surface area (Å²) in [6.45, 7) is 3.31. The highest BCUT2D eigenvalue weighted by molar-refractivity contribution is 5.92. The molecule has 2 aromatic rings. The summed E-state index contributed by atoms with van der Waals surface area (Å²) >= 11 is 0. The lowest BCUT2D eigenvalue weighted by atomic mass is 9.98. The van der Waals surface area contributed by atoms with Crippen molar-refractivity contribution in [2.45, 2.75) is 26.4 Å². The molecule has 1 aliphatic heterocycles. The van der Waals surface area contributed by atoms with Gasteiger partial charge in [-0.3, -0.25) is 9.59 Å². The number of rotatable bonds is 4. The van der Waals surface area contributed by atoms with Gasteiger partial charge in [0.25, 0.3) is 11.5 Å². The van der Waals surface area contributed by atoms with Crippen LogP contribution in [0.15, 0.2) is 29.1 Å². The van der Waals surface area contributed by atoms with Crippen LogP contribution in [0.25, 0.3) is 0 Å². The molecule has 1 aliphatic rings. The second kappa shape index (κ2) is 6.96. The highest BCUT2D eigenvalue weighted by Gasteiger charge is 2.24. The van der Waals surface area contributed by atoms with E-state index < -0.39 is 0 Å². The molecule has 132 valence electrons. The first-order chi connectivity index (χ1) is 12.1. The van der Waals surface area contributed by atoms with Gasteiger partial charge in [0, 0.05) is 25.7 Å². The number of benzene rings is 1. The first-order valence-corrected chi connectivity index (χ1v) is 8.18. The minimum atomic E-state index is -0.208. The molecule has 0 saturated heterocycles. The number of hydrogen-bond acceptors (Lipinski definition) is 5. The van der Waals surface area contributed by atoms with E-state index in [0.717, 1.165) is 17.5 Å². The summed E-state index contributed by atoms with van der Waals surface area (Å²) in [5.74, 6) is 1.16. The second-order valence-electron chi connectivity index (χ2n) is 5.83. The van der Waals surface area contributed by atoms with Crippen LogP contribution >= 0.6 is 0 Å². The van der Waals surface area contributed by atoms with Gasteiger partial charge in [-0.15, -0.1) is 0 Å². The topological polar surface area (TPSA) is 73.7 Å². The summed E-state index contributed by atoms with van der Waals surface area (Å²) in [6.07, 6.45) is 0.731. The van der Waals surface area contributed by atoms with Gasteiger partial charge >= 0.3 is 0 Å². The summed E-state index contributed by atoms with van der Waals surface area (Å²) in [7, 11) is 3.20. The standard InChI is InChI=1S/C18H21N3O4/c1-4-21-17(22)6-5-14(19-21)18(23)20-8-7-12-9-15(24-2)16(25-3)10-13(12)11-20/h5-6,9-10H,4,7-8,11H2,1-3H3. The maximum absolute atomic E-state index is 12.8. The van der Waals surface area contributed by atoms with Gasteiger partial charge in [0.2, 0.25) is 0 Å². The number of aromatic nitrogens is 2. The molecule has 0 spiro atoms. The number of fused-ring (bicyclic) bond motifs is 1. The van der Waals surface area contributed by atoms with Crippen molar-refractivity contribution in [3.8, 4) is 11.5 Å². The molecule has 0 radical (unpaired) electrons. The molecule has 0 atom stereocenters. The zero-order valence-corrected chi connectivity index (χ0v) is 14.6. The highest BCUT2D eigenvalue weighted by atomic mass is 16.5. The number of carbonyl (C=O) groups is 1. The van der Waals surface area contributed by atoms with Crippen molar-refractivity contribution >= 4 is 5.91 Å². The molecule has 0 fully saturated rings. The normalized spacial score (nSPS) is 13.3. The highest BCUT2D eigenvalue weighted by Crippen LogP contribution is 2.33. The third kappa shape index (κ3) is 3.22. The summed E-state index contributed by atoms with van der Waals surface area (Å²) in [4.78, 5) is 26.1. The minimum absolute atomic E-state index is 0.178. The van der Waals surface area contributed by atoms with Crippen LogP contribution in [-0.2, 0) is 19.5 Å². The zero-order chi connectivity index (χ0) is 18.0. The van der Waals surface area contributed by atoms with Gasteiger partial charge in [-0.1, -0.05) is 0 Å². The van der Waals surface area contributed by atoms with Crippen molar-refractivity contribution in [1.29, 1.82) is 0 Å². The average molecular weight is 343 g/mol. The maximum atomic E-state index is 12.8. The average Bonchev–Trinajstić information content (AvgIpc) is 2.66. The Kier molecular flexibility index (Phi) is 4.74. The van der Waals surface area contributed by atoms with Gasteiger partial charge in [0.1, 0.15) is 5.69 Å². The molecule has 7 nitrogen and oxygen atoms in total. The minimum Gasteiger partial charge on any atom is -0.493 e.